The minimum absolute atomic E-state index is 0.382. The minimum atomic E-state index is -0.902. The van der Waals surface area contributed by atoms with E-state index in [-0.39, 0.29) is 0 Å². The topological polar surface area (TPSA) is 68.0 Å². The number of hydrogen-bond acceptors (Lipinski definition) is 3. The lowest BCUT2D eigenvalue weighted by Gasteiger charge is -2.13. The summed E-state index contributed by atoms with van der Waals surface area (Å²) >= 11 is 5.90. The third-order valence-electron chi connectivity index (χ3n) is 2.91. The van der Waals surface area contributed by atoms with Gasteiger partial charge in [-0.3, -0.25) is 4.57 Å². The fourth-order valence-corrected chi connectivity index (χ4v) is 2.18. The van der Waals surface area contributed by atoms with Gasteiger partial charge in [-0.1, -0.05) is 25.4 Å². The zero-order valence-corrected chi connectivity index (χ0v) is 11.8. The molecule has 2 aromatic rings. The monoisotopic (exact) mass is 281 g/mol. The maximum absolute atomic E-state index is 11.2. The van der Waals surface area contributed by atoms with E-state index in [1.54, 1.807) is 17.6 Å². The average molecular weight is 282 g/mol. The van der Waals surface area contributed by atoms with Crippen LogP contribution in [0.2, 0.25) is 5.02 Å². The maximum Gasteiger partial charge on any atom is 0.326 e. The lowest BCUT2D eigenvalue weighted by Crippen LogP contribution is -2.19. The van der Waals surface area contributed by atoms with Gasteiger partial charge in [-0.2, -0.15) is 0 Å². The van der Waals surface area contributed by atoms with Gasteiger partial charge >= 0.3 is 5.97 Å². The van der Waals surface area contributed by atoms with Crippen LogP contribution in [-0.2, 0) is 11.2 Å². The van der Waals surface area contributed by atoms with Crippen molar-refractivity contribution in [1.29, 1.82) is 0 Å². The Kier molecular flexibility index (Phi) is 3.75. The quantitative estimate of drug-likeness (QED) is 0.935. The number of pyridine rings is 1. The van der Waals surface area contributed by atoms with E-state index in [1.165, 1.54) is 6.20 Å². The molecule has 1 atom stereocenters. The Bertz CT molecular complexity index is 622. The zero-order chi connectivity index (χ0) is 14.2. The molecule has 0 aliphatic carbocycles. The lowest BCUT2D eigenvalue weighted by molar-refractivity contribution is -0.140. The average Bonchev–Trinajstić information content (AvgIpc) is 2.63. The van der Waals surface area contributed by atoms with Gasteiger partial charge in [0.1, 0.15) is 17.4 Å². The van der Waals surface area contributed by atoms with Crippen LogP contribution in [0.25, 0.3) is 11.2 Å². The molecule has 2 rings (SSSR count). The molecule has 0 radical (unpaired) electrons. The van der Waals surface area contributed by atoms with Crippen molar-refractivity contribution in [2.75, 3.05) is 0 Å². The van der Waals surface area contributed by atoms with E-state index in [9.17, 15) is 9.90 Å². The fraction of sp³-hybridized carbons (Fsp3) is 0.462. The second-order valence-electron chi connectivity index (χ2n) is 5.01. The summed E-state index contributed by atoms with van der Waals surface area (Å²) in [6.07, 6.45) is 2.21. The Morgan fingerprint density at radius 3 is 2.74 bits per heavy atom. The molecular formula is C13H16ClN3O2. The largest absolute Gasteiger partial charge is 0.480 e. The van der Waals surface area contributed by atoms with E-state index in [4.69, 9.17) is 11.6 Å². The van der Waals surface area contributed by atoms with Gasteiger partial charge in [-0.15, -0.1) is 0 Å². The van der Waals surface area contributed by atoms with E-state index in [2.05, 4.69) is 23.8 Å². The number of rotatable bonds is 4. The summed E-state index contributed by atoms with van der Waals surface area (Å²) in [5, 5.41) is 9.72. The number of nitrogens with zero attached hydrogens (tertiary/aromatic N) is 3. The van der Waals surface area contributed by atoms with E-state index < -0.39 is 12.0 Å². The van der Waals surface area contributed by atoms with Crippen molar-refractivity contribution >= 4 is 28.7 Å². The molecule has 19 heavy (non-hydrogen) atoms. The van der Waals surface area contributed by atoms with Crippen LogP contribution < -0.4 is 0 Å². The van der Waals surface area contributed by atoms with Gasteiger partial charge in [-0.05, 0) is 18.9 Å². The van der Waals surface area contributed by atoms with Crippen molar-refractivity contribution in [3.63, 3.8) is 0 Å². The highest BCUT2D eigenvalue weighted by atomic mass is 35.5. The van der Waals surface area contributed by atoms with Crippen LogP contribution in [-0.4, -0.2) is 25.6 Å². The molecule has 0 saturated carbocycles. The zero-order valence-electron chi connectivity index (χ0n) is 11.1. The second kappa shape index (κ2) is 5.17. The Hall–Kier alpha value is -1.62. The molecule has 0 amide bonds. The number of carboxylic acids is 1. The van der Waals surface area contributed by atoms with Crippen molar-refractivity contribution < 1.29 is 9.90 Å². The Morgan fingerprint density at radius 1 is 1.47 bits per heavy atom. The number of imidazole rings is 1. The van der Waals surface area contributed by atoms with Crippen LogP contribution in [0.3, 0.4) is 0 Å². The van der Waals surface area contributed by atoms with Crippen LogP contribution in [0.4, 0.5) is 0 Å². The molecule has 0 aliphatic heterocycles. The third-order valence-corrected chi connectivity index (χ3v) is 3.11. The number of fused-ring (bicyclic) bond motifs is 1. The van der Waals surface area contributed by atoms with Crippen LogP contribution in [0, 0.1) is 5.92 Å². The maximum atomic E-state index is 11.2. The number of halogens is 1. The number of hydrogen-bond donors (Lipinski definition) is 1. The number of aliphatic carboxylic acids is 1. The summed E-state index contributed by atoms with van der Waals surface area (Å²) in [4.78, 5) is 19.9. The van der Waals surface area contributed by atoms with Crippen molar-refractivity contribution in [2.45, 2.75) is 33.2 Å². The highest BCUT2D eigenvalue weighted by Crippen LogP contribution is 2.23. The standard InChI is InChI=1S/C13H16ClN3O2/c1-7(2)4-11-16-10-5-9(14)6-15-12(10)17(11)8(3)13(18)19/h5-8H,4H2,1-3H3,(H,18,19). The lowest BCUT2D eigenvalue weighted by atomic mass is 10.1. The minimum Gasteiger partial charge on any atom is -0.480 e. The predicted molar refractivity (Wildman–Crippen MR) is 73.4 cm³/mol. The first-order valence-corrected chi connectivity index (χ1v) is 6.53. The van der Waals surface area contributed by atoms with Gasteiger partial charge < -0.3 is 5.11 Å². The normalized spacial score (nSPS) is 13.1. The summed E-state index contributed by atoms with van der Waals surface area (Å²) in [5.41, 5.74) is 1.20. The molecule has 0 saturated heterocycles. The van der Waals surface area contributed by atoms with Crippen molar-refractivity contribution in [3.05, 3.63) is 23.1 Å². The first-order chi connectivity index (χ1) is 8.90. The van der Waals surface area contributed by atoms with Crippen LogP contribution >= 0.6 is 11.6 Å². The second-order valence-corrected chi connectivity index (χ2v) is 5.44. The van der Waals surface area contributed by atoms with E-state index in [0.717, 1.165) is 5.82 Å². The molecule has 1 unspecified atom stereocenters. The Balaban J connectivity index is 2.64. The van der Waals surface area contributed by atoms with E-state index in [0.29, 0.717) is 28.5 Å². The Morgan fingerprint density at radius 2 is 2.16 bits per heavy atom. The van der Waals surface area contributed by atoms with E-state index in [1.807, 2.05) is 0 Å². The first-order valence-electron chi connectivity index (χ1n) is 6.15. The van der Waals surface area contributed by atoms with Gasteiger partial charge in [0.25, 0.3) is 0 Å². The number of aromatic nitrogens is 3. The van der Waals surface area contributed by atoms with Gasteiger partial charge in [0.2, 0.25) is 0 Å². The summed E-state index contributed by atoms with van der Waals surface area (Å²) < 4.78 is 1.67. The summed E-state index contributed by atoms with van der Waals surface area (Å²) in [5.74, 6) is 0.211. The molecular weight excluding hydrogens is 266 g/mol. The van der Waals surface area contributed by atoms with Gasteiger partial charge in [0.05, 0.1) is 5.02 Å². The van der Waals surface area contributed by atoms with Crippen LogP contribution in [0.15, 0.2) is 12.3 Å². The molecule has 0 bridgehead atoms. The van der Waals surface area contributed by atoms with Gasteiger partial charge in [0.15, 0.2) is 5.65 Å². The van der Waals surface area contributed by atoms with Gasteiger partial charge in [-0.25, -0.2) is 14.8 Å². The predicted octanol–water partition coefficient (Wildman–Crippen LogP) is 2.93. The summed E-state index contributed by atoms with van der Waals surface area (Å²) in [6, 6.07) is 1.01. The summed E-state index contributed by atoms with van der Waals surface area (Å²) in [6.45, 7) is 5.76. The molecule has 2 heterocycles. The van der Waals surface area contributed by atoms with Crippen molar-refractivity contribution in [3.8, 4) is 0 Å². The smallest absolute Gasteiger partial charge is 0.326 e. The highest BCUT2D eigenvalue weighted by molar-refractivity contribution is 6.31. The molecule has 6 heteroatoms. The number of carboxylic acid groups (broad SMARTS) is 1. The van der Waals surface area contributed by atoms with Crippen LogP contribution in [0.1, 0.15) is 32.6 Å². The van der Waals surface area contributed by atoms with Crippen LogP contribution in [0.5, 0.6) is 0 Å². The Labute approximate surface area is 116 Å². The first kappa shape index (κ1) is 13.8. The molecule has 0 aliphatic rings. The molecule has 2 aromatic heterocycles. The van der Waals surface area contributed by atoms with E-state index >= 15 is 0 Å². The fourth-order valence-electron chi connectivity index (χ4n) is 2.03. The number of carbonyl (C=O) groups is 1. The third kappa shape index (κ3) is 2.71. The molecule has 0 fully saturated rings. The molecule has 0 aromatic carbocycles. The summed E-state index contributed by atoms with van der Waals surface area (Å²) in [7, 11) is 0. The van der Waals surface area contributed by atoms with Gasteiger partial charge in [0, 0.05) is 12.6 Å². The SMILES string of the molecule is CC(C)Cc1nc2cc(Cl)cnc2n1C(C)C(=O)O. The van der Waals surface area contributed by atoms with Crippen molar-refractivity contribution in [1.82, 2.24) is 14.5 Å². The highest BCUT2D eigenvalue weighted by Gasteiger charge is 2.22. The molecule has 0 spiro atoms. The molecule has 102 valence electrons. The van der Waals surface area contributed by atoms with Crippen molar-refractivity contribution in [2.24, 2.45) is 5.92 Å². The molecule has 5 nitrogen and oxygen atoms in total. The molecule has 1 N–H and O–H groups in total.